The van der Waals surface area contributed by atoms with E-state index < -0.39 is 0 Å². The lowest BCUT2D eigenvalue weighted by Crippen LogP contribution is -2.40. The highest BCUT2D eigenvalue weighted by Crippen LogP contribution is 2.07. The number of nitrogens with zero attached hydrogens (tertiary/aromatic N) is 2. The SMILES string of the molecule is CCCCN(C)C(=NC)NCCCNC(=O)c1occc1C. The van der Waals surface area contributed by atoms with E-state index in [4.69, 9.17) is 4.42 Å². The van der Waals surface area contributed by atoms with Crippen molar-refractivity contribution in [2.24, 2.45) is 4.99 Å². The second kappa shape index (κ2) is 9.87. The highest BCUT2D eigenvalue weighted by Gasteiger charge is 2.11. The van der Waals surface area contributed by atoms with E-state index in [1.807, 2.05) is 14.0 Å². The van der Waals surface area contributed by atoms with Crippen LogP contribution in [0.1, 0.15) is 42.3 Å². The highest BCUT2D eigenvalue weighted by atomic mass is 16.3. The lowest BCUT2D eigenvalue weighted by atomic mass is 10.2. The molecule has 1 amide bonds. The first-order valence-corrected chi connectivity index (χ1v) is 7.84. The zero-order valence-electron chi connectivity index (χ0n) is 14.1. The van der Waals surface area contributed by atoms with Gasteiger partial charge in [0.2, 0.25) is 0 Å². The summed E-state index contributed by atoms with van der Waals surface area (Å²) in [6, 6.07) is 1.78. The highest BCUT2D eigenvalue weighted by molar-refractivity contribution is 5.92. The first kappa shape index (κ1) is 18.1. The molecular formula is C16H28N4O2. The molecule has 0 radical (unpaired) electrons. The molecule has 6 heteroatoms. The molecule has 0 aliphatic rings. The Morgan fingerprint density at radius 1 is 1.32 bits per heavy atom. The van der Waals surface area contributed by atoms with Gasteiger partial charge in [-0.3, -0.25) is 9.79 Å². The van der Waals surface area contributed by atoms with Crippen LogP contribution >= 0.6 is 0 Å². The standard InChI is InChI=1S/C16H28N4O2/c1-5-6-11-20(4)16(17-3)19-10-7-9-18-15(21)14-13(2)8-12-22-14/h8,12H,5-7,9-11H2,1-4H3,(H,17,19)(H,18,21). The average molecular weight is 308 g/mol. The van der Waals surface area contributed by atoms with Crippen molar-refractivity contribution >= 4 is 11.9 Å². The van der Waals surface area contributed by atoms with E-state index in [-0.39, 0.29) is 5.91 Å². The fraction of sp³-hybridized carbons (Fsp3) is 0.625. The van der Waals surface area contributed by atoms with Gasteiger partial charge in [-0.2, -0.15) is 0 Å². The summed E-state index contributed by atoms with van der Waals surface area (Å²) in [5.74, 6) is 1.12. The van der Waals surface area contributed by atoms with Crippen molar-refractivity contribution in [1.29, 1.82) is 0 Å². The van der Waals surface area contributed by atoms with Crippen LogP contribution < -0.4 is 10.6 Å². The largest absolute Gasteiger partial charge is 0.459 e. The van der Waals surface area contributed by atoms with Gasteiger partial charge >= 0.3 is 0 Å². The van der Waals surface area contributed by atoms with Crippen LogP contribution in [-0.4, -0.2) is 50.5 Å². The van der Waals surface area contributed by atoms with Gasteiger partial charge in [0.25, 0.3) is 5.91 Å². The molecule has 0 aliphatic carbocycles. The Kier molecular flexibility index (Phi) is 8.10. The summed E-state index contributed by atoms with van der Waals surface area (Å²) in [7, 11) is 3.82. The topological polar surface area (TPSA) is 69.9 Å². The van der Waals surface area contributed by atoms with Gasteiger partial charge in [-0.05, 0) is 25.8 Å². The van der Waals surface area contributed by atoms with Crippen molar-refractivity contribution in [1.82, 2.24) is 15.5 Å². The molecule has 0 saturated heterocycles. The van der Waals surface area contributed by atoms with E-state index in [1.165, 1.54) is 12.7 Å². The Morgan fingerprint density at radius 3 is 2.64 bits per heavy atom. The molecule has 2 N–H and O–H groups in total. The Hall–Kier alpha value is -1.98. The lowest BCUT2D eigenvalue weighted by molar-refractivity contribution is 0.0925. The number of hydrogen-bond acceptors (Lipinski definition) is 3. The summed E-state index contributed by atoms with van der Waals surface area (Å²) in [5, 5.41) is 6.15. The maximum atomic E-state index is 11.8. The van der Waals surface area contributed by atoms with Crippen LogP contribution in [0.2, 0.25) is 0 Å². The van der Waals surface area contributed by atoms with Gasteiger partial charge in [0.15, 0.2) is 11.7 Å². The molecule has 0 bridgehead atoms. The normalized spacial score (nSPS) is 11.4. The first-order valence-electron chi connectivity index (χ1n) is 7.84. The minimum Gasteiger partial charge on any atom is -0.459 e. The van der Waals surface area contributed by atoms with Crippen LogP contribution in [-0.2, 0) is 0 Å². The molecular weight excluding hydrogens is 280 g/mol. The monoisotopic (exact) mass is 308 g/mol. The van der Waals surface area contributed by atoms with Crippen molar-refractivity contribution in [3.05, 3.63) is 23.7 Å². The van der Waals surface area contributed by atoms with Gasteiger partial charge in [-0.15, -0.1) is 0 Å². The average Bonchev–Trinajstić information content (AvgIpc) is 2.94. The minimum absolute atomic E-state index is 0.160. The van der Waals surface area contributed by atoms with E-state index >= 15 is 0 Å². The fourth-order valence-corrected chi connectivity index (χ4v) is 2.06. The smallest absolute Gasteiger partial charge is 0.287 e. The number of hydrogen-bond donors (Lipinski definition) is 2. The van der Waals surface area contributed by atoms with Crippen LogP contribution in [0.15, 0.2) is 21.7 Å². The van der Waals surface area contributed by atoms with Crippen molar-refractivity contribution in [3.63, 3.8) is 0 Å². The molecule has 0 aliphatic heterocycles. The summed E-state index contributed by atoms with van der Waals surface area (Å²) in [4.78, 5) is 18.2. The summed E-state index contributed by atoms with van der Waals surface area (Å²) in [6.45, 7) is 6.39. The molecule has 1 aromatic heterocycles. The van der Waals surface area contributed by atoms with Crippen molar-refractivity contribution < 1.29 is 9.21 Å². The zero-order chi connectivity index (χ0) is 16.4. The van der Waals surface area contributed by atoms with Gasteiger partial charge in [0.1, 0.15) is 0 Å². The Morgan fingerprint density at radius 2 is 2.05 bits per heavy atom. The van der Waals surface area contributed by atoms with E-state index in [9.17, 15) is 4.79 Å². The number of carbonyl (C=O) groups excluding carboxylic acids is 1. The number of amides is 1. The number of aryl methyl sites for hydroxylation is 1. The zero-order valence-corrected chi connectivity index (χ0v) is 14.1. The fourth-order valence-electron chi connectivity index (χ4n) is 2.06. The van der Waals surface area contributed by atoms with Crippen LogP contribution in [0, 0.1) is 6.92 Å². The first-order chi connectivity index (χ1) is 10.6. The molecule has 22 heavy (non-hydrogen) atoms. The van der Waals surface area contributed by atoms with E-state index in [0.717, 1.165) is 37.5 Å². The van der Waals surface area contributed by atoms with Gasteiger partial charge in [-0.25, -0.2) is 0 Å². The molecule has 0 aromatic carbocycles. The number of carbonyl (C=O) groups is 1. The van der Waals surface area contributed by atoms with Gasteiger partial charge in [0, 0.05) is 39.3 Å². The predicted molar refractivity (Wildman–Crippen MR) is 89.3 cm³/mol. The summed E-state index contributed by atoms with van der Waals surface area (Å²) >= 11 is 0. The van der Waals surface area contributed by atoms with Crippen molar-refractivity contribution in [2.75, 3.05) is 33.7 Å². The number of guanidine groups is 1. The van der Waals surface area contributed by atoms with E-state index in [1.54, 1.807) is 13.1 Å². The van der Waals surface area contributed by atoms with E-state index in [0.29, 0.717) is 12.3 Å². The predicted octanol–water partition coefficient (Wildman–Crippen LogP) is 2.02. The number of nitrogens with one attached hydrogen (secondary N) is 2. The molecule has 1 aromatic rings. The Balaban J connectivity index is 2.21. The van der Waals surface area contributed by atoms with E-state index in [2.05, 4.69) is 27.4 Å². The molecule has 0 saturated carbocycles. The quantitative estimate of drug-likeness (QED) is 0.438. The van der Waals surface area contributed by atoms with Crippen LogP contribution in [0.25, 0.3) is 0 Å². The van der Waals surface area contributed by atoms with Gasteiger partial charge in [-0.1, -0.05) is 13.3 Å². The van der Waals surface area contributed by atoms with Crippen molar-refractivity contribution in [3.8, 4) is 0 Å². The molecule has 0 unspecified atom stereocenters. The third-order valence-corrected chi connectivity index (χ3v) is 3.41. The molecule has 6 nitrogen and oxygen atoms in total. The summed E-state index contributed by atoms with van der Waals surface area (Å²) in [5.41, 5.74) is 0.855. The lowest BCUT2D eigenvalue weighted by Gasteiger charge is -2.21. The number of unbranched alkanes of at least 4 members (excludes halogenated alkanes) is 1. The number of aliphatic imine (C=N–C) groups is 1. The Labute approximate surface area is 133 Å². The second-order valence-corrected chi connectivity index (χ2v) is 5.29. The number of rotatable bonds is 8. The third-order valence-electron chi connectivity index (χ3n) is 3.41. The Bertz CT molecular complexity index is 482. The molecule has 0 fully saturated rings. The second-order valence-electron chi connectivity index (χ2n) is 5.29. The molecule has 0 spiro atoms. The van der Waals surface area contributed by atoms with Gasteiger partial charge < -0.3 is 20.0 Å². The number of furan rings is 1. The molecule has 1 rings (SSSR count). The molecule has 0 atom stereocenters. The maximum Gasteiger partial charge on any atom is 0.287 e. The molecule has 124 valence electrons. The van der Waals surface area contributed by atoms with Gasteiger partial charge in [0.05, 0.1) is 6.26 Å². The summed E-state index contributed by atoms with van der Waals surface area (Å²) < 4.78 is 5.15. The maximum absolute atomic E-state index is 11.8. The molecule has 1 heterocycles. The van der Waals surface area contributed by atoms with Crippen LogP contribution in [0.5, 0.6) is 0 Å². The summed E-state index contributed by atoms with van der Waals surface area (Å²) in [6.07, 6.45) is 4.67. The van der Waals surface area contributed by atoms with Crippen LogP contribution in [0.4, 0.5) is 0 Å². The minimum atomic E-state index is -0.160. The van der Waals surface area contributed by atoms with Crippen molar-refractivity contribution in [2.45, 2.75) is 33.1 Å². The van der Waals surface area contributed by atoms with Crippen LogP contribution in [0.3, 0.4) is 0 Å². The third kappa shape index (κ3) is 5.79.